The zero-order chi connectivity index (χ0) is 16.4. The van der Waals surface area contributed by atoms with Crippen molar-refractivity contribution < 1.29 is 24.6 Å². The van der Waals surface area contributed by atoms with E-state index in [-0.39, 0.29) is 19.0 Å². The van der Waals surface area contributed by atoms with Crippen molar-refractivity contribution >= 4 is 23.5 Å². The molecule has 0 aromatic heterocycles. The maximum Gasteiger partial charge on any atom is 0.317 e. The van der Waals surface area contributed by atoms with Gasteiger partial charge in [0.2, 0.25) is 5.91 Å². The van der Waals surface area contributed by atoms with E-state index < -0.39 is 11.9 Å². The molecule has 0 fully saturated rings. The second-order valence-electron chi connectivity index (χ2n) is 4.34. The highest BCUT2D eigenvalue weighted by atomic mass is 16.4. The number of aliphatic carboxylic acids is 2. The lowest BCUT2D eigenvalue weighted by Crippen LogP contribution is -2.27. The van der Waals surface area contributed by atoms with Gasteiger partial charge < -0.3 is 15.5 Å². The molecule has 0 unspecified atom stereocenters. The largest absolute Gasteiger partial charge is 0.480 e. The van der Waals surface area contributed by atoms with Gasteiger partial charge in [0.15, 0.2) is 0 Å². The summed E-state index contributed by atoms with van der Waals surface area (Å²) >= 11 is 0. The van der Waals surface area contributed by atoms with Crippen molar-refractivity contribution in [3.8, 4) is 0 Å². The highest BCUT2D eigenvalue weighted by Gasteiger charge is 2.01. The van der Waals surface area contributed by atoms with E-state index in [1.54, 1.807) is 0 Å². The van der Waals surface area contributed by atoms with Crippen LogP contribution >= 0.6 is 0 Å². The van der Waals surface area contributed by atoms with Crippen molar-refractivity contribution in [2.24, 2.45) is 0 Å². The third-order valence-electron chi connectivity index (χ3n) is 2.33. The summed E-state index contributed by atoms with van der Waals surface area (Å²) in [5, 5.41) is 20.9. The summed E-state index contributed by atoms with van der Waals surface area (Å²) in [6.07, 6.45) is 0. The molecule has 0 atom stereocenters. The van der Waals surface area contributed by atoms with Gasteiger partial charge in [0.25, 0.3) is 0 Å². The van der Waals surface area contributed by atoms with Crippen LogP contribution in [0.25, 0.3) is 0 Å². The van der Waals surface area contributed by atoms with Crippen molar-refractivity contribution in [1.82, 2.24) is 5.32 Å². The van der Waals surface area contributed by atoms with Crippen LogP contribution in [0.2, 0.25) is 0 Å². The molecule has 1 aromatic rings. The van der Waals surface area contributed by atoms with Gasteiger partial charge in [-0.25, -0.2) is 0 Å². The molecule has 7 nitrogen and oxygen atoms in total. The van der Waals surface area contributed by atoms with Crippen LogP contribution in [0.1, 0.15) is 18.1 Å². The zero-order valence-corrected chi connectivity index (χ0v) is 12.3. The molecule has 0 bridgehead atoms. The van der Waals surface area contributed by atoms with Crippen molar-refractivity contribution in [1.29, 1.82) is 0 Å². The van der Waals surface area contributed by atoms with Gasteiger partial charge in [-0.2, -0.15) is 0 Å². The minimum atomic E-state index is -1.06. The number of hydrogen-bond acceptors (Lipinski definition) is 4. The Bertz CT molecular complexity index is 480. The van der Waals surface area contributed by atoms with E-state index in [4.69, 9.17) is 10.2 Å². The summed E-state index contributed by atoms with van der Waals surface area (Å²) < 4.78 is 0. The highest BCUT2D eigenvalue weighted by Crippen LogP contribution is 2.18. The second-order valence-corrected chi connectivity index (χ2v) is 4.34. The van der Waals surface area contributed by atoms with Crippen molar-refractivity contribution in [2.45, 2.75) is 20.8 Å². The smallest absolute Gasteiger partial charge is 0.317 e. The van der Waals surface area contributed by atoms with Crippen LogP contribution in [0.4, 0.5) is 5.69 Å². The van der Waals surface area contributed by atoms with Gasteiger partial charge in [0, 0.05) is 12.6 Å². The van der Waals surface area contributed by atoms with Gasteiger partial charge in [0.1, 0.15) is 0 Å². The summed E-state index contributed by atoms with van der Waals surface area (Å²) in [6.45, 7) is 4.86. The molecule has 0 heterocycles. The predicted octanol–water partition coefficient (Wildman–Crippen LogP) is 1.01. The number of amides is 1. The van der Waals surface area contributed by atoms with Gasteiger partial charge >= 0.3 is 11.9 Å². The molecule has 0 spiro atoms. The standard InChI is InChI=1S/C10H13NO.C4H7NO4/c1-7-5-4-6-8(2)10(7)11-9(3)12;6-3(7)1-5-2-4(8)9/h4-6H,1-3H3,(H,11,12);5H,1-2H2,(H,6,7)(H,8,9). The highest BCUT2D eigenvalue weighted by molar-refractivity contribution is 5.90. The van der Waals surface area contributed by atoms with Gasteiger partial charge in [-0.3, -0.25) is 19.7 Å². The first kappa shape index (κ1) is 18.6. The number of aryl methyl sites for hydroxylation is 2. The van der Waals surface area contributed by atoms with Crippen LogP contribution in [0.3, 0.4) is 0 Å². The molecule has 1 aromatic carbocycles. The van der Waals surface area contributed by atoms with Gasteiger partial charge in [-0.1, -0.05) is 18.2 Å². The Balaban J connectivity index is 0.000000400. The Hall–Kier alpha value is -2.41. The molecule has 21 heavy (non-hydrogen) atoms. The van der Waals surface area contributed by atoms with Crippen LogP contribution in [0, 0.1) is 13.8 Å². The third-order valence-corrected chi connectivity index (χ3v) is 2.33. The van der Waals surface area contributed by atoms with Crippen LogP contribution in [-0.2, 0) is 14.4 Å². The lowest BCUT2D eigenvalue weighted by atomic mass is 10.1. The van der Waals surface area contributed by atoms with Crippen molar-refractivity contribution in [3.63, 3.8) is 0 Å². The Morgan fingerprint density at radius 3 is 1.76 bits per heavy atom. The summed E-state index contributed by atoms with van der Waals surface area (Å²) in [7, 11) is 0. The van der Waals surface area contributed by atoms with Crippen molar-refractivity contribution in [2.75, 3.05) is 18.4 Å². The number of carbonyl (C=O) groups excluding carboxylic acids is 1. The number of para-hydroxylation sites is 1. The normalized spacial score (nSPS) is 9.29. The molecule has 116 valence electrons. The zero-order valence-electron chi connectivity index (χ0n) is 12.3. The van der Waals surface area contributed by atoms with Crippen LogP contribution in [-0.4, -0.2) is 41.1 Å². The Morgan fingerprint density at radius 1 is 1.00 bits per heavy atom. The first-order chi connectivity index (χ1) is 9.73. The molecule has 0 saturated carbocycles. The first-order valence-corrected chi connectivity index (χ1v) is 6.22. The monoisotopic (exact) mass is 296 g/mol. The molecule has 0 aliphatic heterocycles. The van der Waals surface area contributed by atoms with E-state index in [9.17, 15) is 14.4 Å². The number of carbonyl (C=O) groups is 3. The molecule has 0 saturated heterocycles. The summed E-state index contributed by atoms with van der Waals surface area (Å²) in [5.41, 5.74) is 3.14. The molecule has 0 aliphatic rings. The molecule has 1 rings (SSSR count). The van der Waals surface area contributed by atoms with E-state index in [0.29, 0.717) is 0 Å². The lowest BCUT2D eigenvalue weighted by Gasteiger charge is -2.08. The van der Waals surface area contributed by atoms with Gasteiger partial charge in [-0.15, -0.1) is 0 Å². The lowest BCUT2D eigenvalue weighted by molar-refractivity contribution is -0.137. The topological polar surface area (TPSA) is 116 Å². The number of nitrogens with one attached hydrogen (secondary N) is 2. The second kappa shape index (κ2) is 9.49. The summed E-state index contributed by atoms with van der Waals surface area (Å²) in [5.74, 6) is -2.14. The van der Waals surface area contributed by atoms with E-state index >= 15 is 0 Å². The fourth-order valence-electron chi connectivity index (χ4n) is 1.46. The summed E-state index contributed by atoms with van der Waals surface area (Å²) in [4.78, 5) is 30.3. The maximum absolute atomic E-state index is 10.8. The van der Waals surface area contributed by atoms with Gasteiger partial charge in [0.05, 0.1) is 13.1 Å². The molecule has 0 radical (unpaired) electrons. The Kier molecular flexibility index (Phi) is 8.40. The van der Waals surface area contributed by atoms with Gasteiger partial charge in [-0.05, 0) is 25.0 Å². The fraction of sp³-hybridized carbons (Fsp3) is 0.357. The summed E-state index contributed by atoms with van der Waals surface area (Å²) in [6, 6.07) is 5.95. The van der Waals surface area contributed by atoms with Crippen LogP contribution < -0.4 is 10.6 Å². The number of benzene rings is 1. The first-order valence-electron chi connectivity index (χ1n) is 6.22. The van der Waals surface area contributed by atoms with E-state index in [0.717, 1.165) is 16.8 Å². The molecular formula is C14H20N2O5. The quantitative estimate of drug-likeness (QED) is 0.644. The third kappa shape index (κ3) is 9.17. The Morgan fingerprint density at radius 2 is 1.43 bits per heavy atom. The van der Waals surface area contributed by atoms with E-state index in [1.165, 1.54) is 6.92 Å². The number of carboxylic acids is 2. The minimum absolute atomic E-state index is 0.0209. The number of rotatable bonds is 5. The maximum atomic E-state index is 10.8. The fourth-order valence-corrected chi connectivity index (χ4v) is 1.46. The average Bonchev–Trinajstić information content (AvgIpc) is 2.33. The molecule has 1 amide bonds. The van der Waals surface area contributed by atoms with Crippen LogP contribution in [0.5, 0.6) is 0 Å². The number of carboxylic acid groups (broad SMARTS) is 2. The minimum Gasteiger partial charge on any atom is -0.480 e. The molecule has 7 heteroatoms. The van der Waals surface area contributed by atoms with Crippen LogP contribution in [0.15, 0.2) is 18.2 Å². The average molecular weight is 296 g/mol. The molecule has 0 aliphatic carbocycles. The van der Waals surface area contributed by atoms with E-state index in [1.807, 2.05) is 32.0 Å². The number of hydrogen-bond donors (Lipinski definition) is 4. The molecular weight excluding hydrogens is 276 g/mol. The van der Waals surface area contributed by atoms with Crippen molar-refractivity contribution in [3.05, 3.63) is 29.3 Å². The molecule has 4 N–H and O–H groups in total. The SMILES string of the molecule is CC(=O)Nc1c(C)cccc1C.O=C(O)CNCC(=O)O. The van der Waals surface area contributed by atoms with E-state index in [2.05, 4.69) is 10.6 Å². The predicted molar refractivity (Wildman–Crippen MR) is 78.4 cm³/mol. The number of anilines is 1. The Labute approximate surface area is 123 Å².